The van der Waals surface area contributed by atoms with E-state index in [9.17, 15) is 9.59 Å². The van der Waals surface area contributed by atoms with Gasteiger partial charge in [-0.3, -0.25) is 4.79 Å². The van der Waals surface area contributed by atoms with Crippen LogP contribution in [0.5, 0.6) is 5.75 Å². The third-order valence-electron chi connectivity index (χ3n) is 5.01. The van der Waals surface area contributed by atoms with E-state index in [0.717, 1.165) is 31.4 Å². The number of rotatable bonds is 5. The number of nitrogens with zero attached hydrogens (tertiary/aromatic N) is 1. The molecule has 1 aromatic rings. The number of carbonyl (C=O) groups is 2. The lowest BCUT2D eigenvalue weighted by Crippen LogP contribution is -2.49. The van der Waals surface area contributed by atoms with Gasteiger partial charge in [0.15, 0.2) is 0 Å². The molecule has 3 rings (SSSR count). The summed E-state index contributed by atoms with van der Waals surface area (Å²) in [6.45, 7) is 3.34. The molecule has 0 aromatic heterocycles. The van der Waals surface area contributed by atoms with Crippen LogP contribution in [0, 0.1) is 0 Å². The van der Waals surface area contributed by atoms with E-state index in [-0.39, 0.29) is 11.9 Å². The van der Waals surface area contributed by atoms with Crippen LogP contribution >= 0.6 is 0 Å². The van der Waals surface area contributed by atoms with Gasteiger partial charge in [-0.1, -0.05) is 0 Å². The summed E-state index contributed by atoms with van der Waals surface area (Å²) in [6.07, 6.45) is 6.32. The number of nitrogens with one attached hydrogen (secondary N) is 1. The van der Waals surface area contributed by atoms with E-state index in [2.05, 4.69) is 5.32 Å². The predicted molar refractivity (Wildman–Crippen MR) is 98.4 cm³/mol. The molecule has 142 valence electrons. The Morgan fingerprint density at radius 1 is 1.12 bits per heavy atom. The maximum absolute atomic E-state index is 12.8. The Morgan fingerprint density at radius 3 is 2.54 bits per heavy atom. The van der Waals surface area contributed by atoms with Gasteiger partial charge in [0.2, 0.25) is 0 Å². The molecule has 0 spiro atoms. The molecule has 0 radical (unpaired) electrons. The summed E-state index contributed by atoms with van der Waals surface area (Å²) < 4.78 is 10.9. The second kappa shape index (κ2) is 8.92. The molecule has 1 N–H and O–H groups in total. The van der Waals surface area contributed by atoms with Crippen molar-refractivity contribution in [3.05, 3.63) is 29.8 Å². The van der Waals surface area contributed by atoms with Gasteiger partial charge in [-0.2, -0.15) is 0 Å². The van der Waals surface area contributed by atoms with Crippen molar-refractivity contribution in [2.75, 3.05) is 19.7 Å². The first-order chi connectivity index (χ1) is 12.7. The molecule has 6 heteroatoms. The fourth-order valence-corrected chi connectivity index (χ4v) is 3.68. The van der Waals surface area contributed by atoms with Crippen LogP contribution < -0.4 is 10.1 Å². The smallest absolute Gasteiger partial charge is 0.407 e. The van der Waals surface area contributed by atoms with Crippen molar-refractivity contribution in [2.45, 2.75) is 57.6 Å². The van der Waals surface area contributed by atoms with Crippen molar-refractivity contribution in [1.29, 1.82) is 0 Å². The Labute approximate surface area is 154 Å². The highest BCUT2D eigenvalue weighted by atomic mass is 16.5. The minimum Gasteiger partial charge on any atom is -0.490 e. The highest BCUT2D eigenvalue weighted by Crippen LogP contribution is 2.24. The van der Waals surface area contributed by atoms with Gasteiger partial charge in [-0.25, -0.2) is 4.79 Å². The summed E-state index contributed by atoms with van der Waals surface area (Å²) in [5, 5.41) is 2.83. The standard InChI is InChI=1S/C20H28N2O4/c1-2-25-20(24)21-16-6-5-13-22(14-16)19(23)15-9-11-18(12-10-15)26-17-7-3-4-8-17/h9-12,16-17H,2-8,13-14H2,1H3,(H,21,24). The zero-order valence-corrected chi connectivity index (χ0v) is 15.4. The minimum absolute atomic E-state index is 0.00669. The Kier molecular flexibility index (Phi) is 6.36. The molecule has 6 nitrogen and oxygen atoms in total. The van der Waals surface area contributed by atoms with Crippen LogP contribution in [0.4, 0.5) is 4.79 Å². The Morgan fingerprint density at radius 2 is 1.85 bits per heavy atom. The van der Waals surface area contributed by atoms with Gasteiger partial charge in [0.05, 0.1) is 12.7 Å². The second-order valence-corrected chi connectivity index (χ2v) is 7.00. The molecule has 1 aliphatic heterocycles. The molecule has 1 atom stereocenters. The first kappa shape index (κ1) is 18.5. The number of alkyl carbamates (subject to hydrolysis) is 1. The number of amides is 2. The molecule has 2 fully saturated rings. The average Bonchev–Trinajstić information content (AvgIpc) is 3.15. The SMILES string of the molecule is CCOC(=O)NC1CCCN(C(=O)c2ccc(OC3CCCC3)cc2)C1. The molecule has 0 bridgehead atoms. The van der Waals surface area contributed by atoms with Crippen LogP contribution in [0.3, 0.4) is 0 Å². The third kappa shape index (κ3) is 4.90. The first-order valence-corrected chi connectivity index (χ1v) is 9.65. The van der Waals surface area contributed by atoms with Gasteiger partial charge < -0.3 is 19.7 Å². The lowest BCUT2D eigenvalue weighted by Gasteiger charge is -2.33. The highest BCUT2D eigenvalue weighted by Gasteiger charge is 2.26. The second-order valence-electron chi connectivity index (χ2n) is 7.00. The van der Waals surface area contributed by atoms with Gasteiger partial charge in [0.25, 0.3) is 5.91 Å². The maximum atomic E-state index is 12.8. The van der Waals surface area contributed by atoms with Crippen LogP contribution in [0.1, 0.15) is 55.8 Å². The number of hydrogen-bond donors (Lipinski definition) is 1. The number of piperidine rings is 1. The molecular weight excluding hydrogens is 332 g/mol. The van der Waals surface area contributed by atoms with Crippen LogP contribution in [0.25, 0.3) is 0 Å². The topological polar surface area (TPSA) is 67.9 Å². The fourth-order valence-electron chi connectivity index (χ4n) is 3.68. The van der Waals surface area contributed by atoms with E-state index in [1.807, 2.05) is 24.3 Å². The number of benzene rings is 1. The van der Waals surface area contributed by atoms with Gasteiger partial charge in [-0.15, -0.1) is 0 Å². The van der Waals surface area contributed by atoms with Crippen molar-refractivity contribution in [3.8, 4) is 5.75 Å². The first-order valence-electron chi connectivity index (χ1n) is 9.65. The number of likely N-dealkylation sites (tertiary alicyclic amines) is 1. The van der Waals surface area contributed by atoms with Crippen LogP contribution in [0.15, 0.2) is 24.3 Å². The predicted octanol–water partition coefficient (Wildman–Crippen LogP) is 3.36. The van der Waals surface area contributed by atoms with Crippen molar-refractivity contribution >= 4 is 12.0 Å². The normalized spacial score (nSPS) is 20.7. The summed E-state index contributed by atoms with van der Waals surface area (Å²) in [5.41, 5.74) is 0.653. The van der Waals surface area contributed by atoms with Crippen molar-refractivity contribution < 1.29 is 19.1 Å². The number of hydrogen-bond acceptors (Lipinski definition) is 4. The zero-order valence-electron chi connectivity index (χ0n) is 15.4. The van der Waals surface area contributed by atoms with E-state index in [0.29, 0.717) is 31.4 Å². The maximum Gasteiger partial charge on any atom is 0.407 e. The van der Waals surface area contributed by atoms with Crippen LogP contribution in [0.2, 0.25) is 0 Å². The average molecular weight is 360 g/mol. The van der Waals surface area contributed by atoms with Crippen LogP contribution in [-0.4, -0.2) is 48.7 Å². The van der Waals surface area contributed by atoms with Gasteiger partial charge in [-0.05, 0) is 69.7 Å². The molecule has 1 unspecified atom stereocenters. The summed E-state index contributed by atoms with van der Waals surface area (Å²) >= 11 is 0. The number of ether oxygens (including phenoxy) is 2. The van der Waals surface area contributed by atoms with Gasteiger partial charge in [0, 0.05) is 24.7 Å². The summed E-state index contributed by atoms with van der Waals surface area (Å²) in [6, 6.07) is 7.36. The lowest BCUT2D eigenvalue weighted by atomic mass is 10.0. The highest BCUT2D eigenvalue weighted by molar-refractivity contribution is 5.94. The van der Waals surface area contributed by atoms with Gasteiger partial charge >= 0.3 is 6.09 Å². The summed E-state index contributed by atoms with van der Waals surface area (Å²) in [7, 11) is 0. The third-order valence-corrected chi connectivity index (χ3v) is 5.01. The zero-order chi connectivity index (χ0) is 18.4. The minimum atomic E-state index is -0.416. The van der Waals surface area contributed by atoms with Crippen molar-refractivity contribution in [3.63, 3.8) is 0 Å². The lowest BCUT2D eigenvalue weighted by molar-refractivity contribution is 0.0686. The Bertz CT molecular complexity index is 611. The molecule has 1 saturated heterocycles. The molecule has 2 amide bonds. The Hall–Kier alpha value is -2.24. The van der Waals surface area contributed by atoms with Crippen molar-refractivity contribution in [2.24, 2.45) is 0 Å². The molecule has 1 aromatic carbocycles. The van der Waals surface area contributed by atoms with Gasteiger partial charge in [0.1, 0.15) is 5.75 Å². The quantitative estimate of drug-likeness (QED) is 0.874. The molecule has 2 aliphatic rings. The number of carbonyl (C=O) groups excluding carboxylic acids is 2. The molecule has 1 heterocycles. The monoisotopic (exact) mass is 360 g/mol. The summed E-state index contributed by atoms with van der Waals surface area (Å²) in [5.74, 6) is 0.821. The van der Waals surface area contributed by atoms with E-state index >= 15 is 0 Å². The van der Waals surface area contributed by atoms with Crippen LogP contribution in [-0.2, 0) is 4.74 Å². The largest absolute Gasteiger partial charge is 0.490 e. The molecule has 1 saturated carbocycles. The summed E-state index contributed by atoms with van der Waals surface area (Å²) in [4.78, 5) is 26.1. The van der Waals surface area contributed by atoms with E-state index in [4.69, 9.17) is 9.47 Å². The fraction of sp³-hybridized carbons (Fsp3) is 0.600. The van der Waals surface area contributed by atoms with Crippen molar-refractivity contribution in [1.82, 2.24) is 10.2 Å². The Balaban J connectivity index is 1.54. The molecule has 1 aliphatic carbocycles. The van der Waals surface area contributed by atoms with E-state index in [1.54, 1.807) is 11.8 Å². The molecular formula is C20H28N2O4. The van der Waals surface area contributed by atoms with E-state index in [1.165, 1.54) is 12.8 Å². The molecule has 26 heavy (non-hydrogen) atoms. The van der Waals surface area contributed by atoms with E-state index < -0.39 is 6.09 Å².